The molecule has 5 nitrogen and oxygen atoms in total. The van der Waals surface area contributed by atoms with Crippen molar-refractivity contribution in [3.63, 3.8) is 0 Å². The molecule has 0 spiro atoms. The molecule has 5 heteroatoms. The maximum absolute atomic E-state index is 11.7. The Morgan fingerprint density at radius 3 is 1.91 bits per heavy atom. The number of hydrogen-bond donors (Lipinski definition) is 3. The molecule has 3 N–H and O–H groups in total. The Kier molecular flexibility index (Phi) is 16.9. The SMILES string of the molecule is C[C@@H]1N[C@H](CCCCCCCCCCc2cc(CCCCCCCCCC[C@@H]3CC[C@H](O)[C@H](C)N3)c[n+]3c2CCC3)CCC1=O. The van der Waals surface area contributed by atoms with Crippen molar-refractivity contribution in [2.45, 2.75) is 218 Å². The summed E-state index contributed by atoms with van der Waals surface area (Å²) in [6, 6.07) is 4.11. The molecule has 2 saturated heterocycles. The quantitative estimate of drug-likeness (QED) is 0.0898. The Morgan fingerprint density at radius 1 is 0.711 bits per heavy atom. The van der Waals surface area contributed by atoms with Crippen molar-refractivity contribution in [1.82, 2.24) is 10.6 Å². The Bertz CT molecular complexity index is 981. The lowest BCUT2D eigenvalue weighted by Crippen LogP contribution is -2.48. The highest BCUT2D eigenvalue weighted by atomic mass is 16.3. The maximum atomic E-state index is 11.7. The lowest BCUT2D eigenvalue weighted by atomic mass is 9.93. The van der Waals surface area contributed by atoms with E-state index in [9.17, 15) is 9.90 Å². The summed E-state index contributed by atoms with van der Waals surface area (Å²) in [6.07, 6.45) is 35.8. The Morgan fingerprint density at radius 2 is 1.29 bits per heavy atom. The number of ketones is 1. The molecule has 0 unspecified atom stereocenters. The third kappa shape index (κ3) is 13.4. The molecule has 5 atom stereocenters. The lowest BCUT2D eigenvalue weighted by Gasteiger charge is -2.32. The number of piperidine rings is 2. The summed E-state index contributed by atoms with van der Waals surface area (Å²) in [5, 5.41) is 17.0. The van der Waals surface area contributed by atoms with Crippen LogP contribution >= 0.6 is 0 Å². The van der Waals surface area contributed by atoms with Crippen molar-refractivity contribution in [3.8, 4) is 0 Å². The number of aromatic nitrogens is 1. The lowest BCUT2D eigenvalue weighted by molar-refractivity contribution is -0.691. The van der Waals surface area contributed by atoms with Crippen LogP contribution in [0.5, 0.6) is 0 Å². The van der Waals surface area contributed by atoms with Crippen LogP contribution in [0.3, 0.4) is 0 Å². The minimum absolute atomic E-state index is 0.0727. The second-order valence-corrected chi connectivity index (χ2v) is 15.2. The van der Waals surface area contributed by atoms with Gasteiger partial charge in [0.1, 0.15) is 12.3 Å². The monoisotopic (exact) mass is 625 g/mol. The van der Waals surface area contributed by atoms with E-state index >= 15 is 0 Å². The number of carbonyl (C=O) groups excluding carboxylic acids is 1. The second kappa shape index (κ2) is 20.8. The highest BCUT2D eigenvalue weighted by Gasteiger charge is 2.26. The summed E-state index contributed by atoms with van der Waals surface area (Å²) >= 11 is 0. The van der Waals surface area contributed by atoms with Gasteiger partial charge in [0.25, 0.3) is 0 Å². The van der Waals surface area contributed by atoms with Crippen molar-refractivity contribution in [2.75, 3.05) is 0 Å². The van der Waals surface area contributed by atoms with Gasteiger partial charge in [-0.25, -0.2) is 4.57 Å². The fourth-order valence-electron chi connectivity index (χ4n) is 8.33. The van der Waals surface area contributed by atoms with Gasteiger partial charge in [0.05, 0.1) is 12.1 Å². The third-order valence-electron chi connectivity index (χ3n) is 11.3. The van der Waals surface area contributed by atoms with Gasteiger partial charge >= 0.3 is 0 Å². The number of aliphatic hydroxyl groups excluding tert-OH is 1. The minimum atomic E-state index is -0.147. The van der Waals surface area contributed by atoms with Gasteiger partial charge < -0.3 is 15.7 Å². The normalized spacial score (nSPS) is 25.1. The van der Waals surface area contributed by atoms with E-state index in [1.54, 1.807) is 16.8 Å². The summed E-state index contributed by atoms with van der Waals surface area (Å²) in [5.41, 5.74) is 4.88. The fourth-order valence-corrected chi connectivity index (χ4v) is 8.33. The first-order chi connectivity index (χ1) is 22.0. The first kappa shape index (κ1) is 36.5. The van der Waals surface area contributed by atoms with Crippen LogP contribution in [0, 0.1) is 0 Å². The van der Waals surface area contributed by atoms with E-state index in [4.69, 9.17) is 0 Å². The van der Waals surface area contributed by atoms with Gasteiger partial charge in [-0.15, -0.1) is 0 Å². The first-order valence-electron chi connectivity index (χ1n) is 19.8. The summed E-state index contributed by atoms with van der Waals surface area (Å²) in [7, 11) is 0. The Hall–Kier alpha value is -1.30. The molecular formula is C40H70N3O2+. The molecule has 3 aliphatic rings. The van der Waals surface area contributed by atoms with Crippen LogP contribution < -0.4 is 15.2 Å². The number of aryl methyl sites for hydroxylation is 3. The number of carbonyl (C=O) groups is 1. The number of fused-ring (bicyclic) bond motifs is 1. The molecule has 0 bridgehead atoms. The molecular weight excluding hydrogens is 554 g/mol. The average molecular weight is 625 g/mol. The zero-order valence-corrected chi connectivity index (χ0v) is 29.4. The molecule has 4 heterocycles. The topological polar surface area (TPSA) is 65.2 Å². The molecule has 256 valence electrons. The van der Waals surface area contributed by atoms with Gasteiger partial charge in [-0.05, 0) is 77.7 Å². The van der Waals surface area contributed by atoms with Crippen LogP contribution in [0.25, 0.3) is 0 Å². The van der Waals surface area contributed by atoms with E-state index in [0.717, 1.165) is 25.7 Å². The van der Waals surface area contributed by atoms with Crippen LogP contribution in [-0.4, -0.2) is 41.2 Å². The zero-order valence-electron chi connectivity index (χ0n) is 29.4. The molecule has 3 aliphatic heterocycles. The van der Waals surface area contributed by atoms with Gasteiger partial charge in [0.2, 0.25) is 0 Å². The zero-order chi connectivity index (χ0) is 31.7. The molecule has 4 rings (SSSR count). The second-order valence-electron chi connectivity index (χ2n) is 15.2. The van der Waals surface area contributed by atoms with Crippen molar-refractivity contribution in [3.05, 3.63) is 29.1 Å². The molecule has 0 amide bonds. The van der Waals surface area contributed by atoms with E-state index in [1.807, 2.05) is 6.92 Å². The van der Waals surface area contributed by atoms with Gasteiger partial charge in [-0.2, -0.15) is 0 Å². The van der Waals surface area contributed by atoms with Crippen molar-refractivity contribution < 1.29 is 14.5 Å². The number of nitrogens with one attached hydrogen (secondary N) is 2. The standard InChI is InChI=1S/C40H70N3O2/c1-32-39(44)27-25-36(41-32)22-17-13-9-5-3-7-11-15-20-34-30-35(38-24-19-29-43(38)31-34)21-16-12-8-4-6-10-14-18-23-37-26-28-40(45)33(2)42-37/h30-33,36-37,39,41-42,44H,3-29H2,1-2H3/q+1/t32-,33-,36+,37+,39-/m0/s1. The Balaban J connectivity index is 0.984. The summed E-state index contributed by atoms with van der Waals surface area (Å²) in [4.78, 5) is 11.7. The van der Waals surface area contributed by atoms with Crippen LogP contribution in [0.1, 0.15) is 178 Å². The Labute approximate surface area is 277 Å². The van der Waals surface area contributed by atoms with E-state index in [-0.39, 0.29) is 18.2 Å². The average Bonchev–Trinajstić information content (AvgIpc) is 3.51. The van der Waals surface area contributed by atoms with Crippen LogP contribution in [-0.2, 0) is 30.6 Å². The predicted octanol–water partition coefficient (Wildman–Crippen LogP) is 8.24. The van der Waals surface area contributed by atoms with E-state index in [2.05, 4.69) is 34.4 Å². The van der Waals surface area contributed by atoms with E-state index in [0.29, 0.717) is 17.9 Å². The minimum Gasteiger partial charge on any atom is -0.392 e. The molecule has 45 heavy (non-hydrogen) atoms. The van der Waals surface area contributed by atoms with Crippen LogP contribution in [0.15, 0.2) is 12.3 Å². The molecule has 2 fully saturated rings. The van der Waals surface area contributed by atoms with Crippen molar-refractivity contribution in [2.24, 2.45) is 0 Å². The highest BCUT2D eigenvalue weighted by molar-refractivity contribution is 5.84. The number of pyridine rings is 1. The number of unbranched alkanes of at least 4 members (excludes halogenated alkanes) is 14. The number of nitrogens with zero attached hydrogens (tertiary/aromatic N) is 1. The number of Topliss-reactive ketones (excluding diaryl/α,β-unsaturated/α-hetero) is 1. The fraction of sp³-hybridized carbons (Fsp3) is 0.850. The van der Waals surface area contributed by atoms with Gasteiger partial charge in [0, 0.05) is 48.5 Å². The molecule has 0 saturated carbocycles. The van der Waals surface area contributed by atoms with E-state index in [1.165, 1.54) is 148 Å². The highest BCUT2D eigenvalue weighted by Crippen LogP contribution is 2.22. The van der Waals surface area contributed by atoms with Crippen molar-refractivity contribution >= 4 is 5.78 Å². The number of hydrogen-bond acceptors (Lipinski definition) is 4. The molecule has 1 aromatic heterocycles. The molecule has 0 aromatic carbocycles. The molecule has 1 aromatic rings. The van der Waals surface area contributed by atoms with Gasteiger partial charge in [-0.3, -0.25) is 4.79 Å². The van der Waals surface area contributed by atoms with Gasteiger partial charge in [0.15, 0.2) is 11.9 Å². The van der Waals surface area contributed by atoms with E-state index < -0.39 is 0 Å². The van der Waals surface area contributed by atoms with Crippen molar-refractivity contribution in [1.29, 1.82) is 0 Å². The first-order valence-corrected chi connectivity index (χ1v) is 19.8. The third-order valence-corrected chi connectivity index (χ3v) is 11.3. The molecule has 0 radical (unpaired) electrons. The van der Waals surface area contributed by atoms with Crippen LogP contribution in [0.4, 0.5) is 0 Å². The summed E-state index contributed by atoms with van der Waals surface area (Å²) in [5.74, 6) is 0.391. The predicted molar refractivity (Wildman–Crippen MR) is 188 cm³/mol. The van der Waals surface area contributed by atoms with Gasteiger partial charge in [-0.1, -0.05) is 89.9 Å². The smallest absolute Gasteiger partial charge is 0.184 e. The maximum Gasteiger partial charge on any atom is 0.184 e. The summed E-state index contributed by atoms with van der Waals surface area (Å²) < 4.78 is 2.59. The number of rotatable bonds is 22. The van der Waals surface area contributed by atoms with Crippen LogP contribution in [0.2, 0.25) is 0 Å². The largest absolute Gasteiger partial charge is 0.392 e. The molecule has 0 aliphatic carbocycles. The summed E-state index contributed by atoms with van der Waals surface area (Å²) in [6.45, 7) is 5.37. The number of aliphatic hydroxyl groups is 1.